The number of benzene rings is 2. The third-order valence-electron chi connectivity index (χ3n) is 3.61. The van der Waals surface area contributed by atoms with E-state index in [1.54, 1.807) is 12.3 Å². The third kappa shape index (κ3) is 3.81. The van der Waals surface area contributed by atoms with Gasteiger partial charge in [-0.25, -0.2) is 0 Å². The van der Waals surface area contributed by atoms with Crippen molar-refractivity contribution in [2.75, 3.05) is 17.3 Å². The highest BCUT2D eigenvalue weighted by Crippen LogP contribution is 2.23. The Labute approximate surface area is 149 Å². The van der Waals surface area contributed by atoms with Gasteiger partial charge in [0.05, 0.1) is 0 Å². The molecule has 1 amide bonds. The summed E-state index contributed by atoms with van der Waals surface area (Å²) in [4.78, 5) is 18.6. The van der Waals surface area contributed by atoms with Crippen LogP contribution in [0, 0.1) is 0 Å². The molecule has 4 nitrogen and oxygen atoms in total. The lowest BCUT2D eigenvalue weighted by molar-refractivity contribution is 0.102. The largest absolute Gasteiger partial charge is 0.345 e. The van der Waals surface area contributed by atoms with Crippen LogP contribution >= 0.6 is 15.9 Å². The average Bonchev–Trinajstić information content (AvgIpc) is 2.64. The van der Waals surface area contributed by atoms with Gasteiger partial charge in [0.2, 0.25) is 0 Å². The zero-order valence-electron chi connectivity index (χ0n) is 13.1. The van der Waals surface area contributed by atoms with Crippen LogP contribution in [0.1, 0.15) is 10.5 Å². The predicted molar refractivity (Wildman–Crippen MR) is 101 cm³/mol. The number of hydrogen-bond donors (Lipinski definition) is 1. The molecule has 3 rings (SSSR count). The molecular weight excluding hydrogens is 366 g/mol. The van der Waals surface area contributed by atoms with Gasteiger partial charge in [-0.1, -0.05) is 34.1 Å². The summed E-state index contributed by atoms with van der Waals surface area (Å²) in [6, 6.07) is 21.0. The minimum atomic E-state index is -0.236. The summed E-state index contributed by atoms with van der Waals surface area (Å²) in [7, 11) is 1.96. The maximum Gasteiger partial charge on any atom is 0.274 e. The summed E-state index contributed by atoms with van der Waals surface area (Å²) in [5, 5.41) is 2.85. The van der Waals surface area contributed by atoms with Crippen LogP contribution in [-0.2, 0) is 0 Å². The highest BCUT2D eigenvalue weighted by molar-refractivity contribution is 9.10. The monoisotopic (exact) mass is 381 g/mol. The summed E-state index contributed by atoms with van der Waals surface area (Å²) < 4.78 is 0.963. The summed E-state index contributed by atoms with van der Waals surface area (Å²) in [6.45, 7) is 0. The van der Waals surface area contributed by atoms with Crippen LogP contribution in [0.3, 0.4) is 0 Å². The lowest BCUT2D eigenvalue weighted by atomic mass is 10.2. The molecule has 1 aromatic heterocycles. The summed E-state index contributed by atoms with van der Waals surface area (Å²) in [5.74, 6) is -0.236. The van der Waals surface area contributed by atoms with Crippen LogP contribution in [0.25, 0.3) is 0 Å². The van der Waals surface area contributed by atoms with Crippen molar-refractivity contribution < 1.29 is 4.79 Å². The lowest BCUT2D eigenvalue weighted by Gasteiger charge is -2.19. The Morgan fingerprint density at radius 1 is 1.00 bits per heavy atom. The lowest BCUT2D eigenvalue weighted by Crippen LogP contribution is -2.15. The minimum absolute atomic E-state index is 0.236. The highest BCUT2D eigenvalue weighted by Gasteiger charge is 2.11. The number of nitrogens with zero attached hydrogens (tertiary/aromatic N) is 2. The molecule has 0 atom stereocenters. The third-order valence-corrected chi connectivity index (χ3v) is 4.14. The second-order valence-corrected chi connectivity index (χ2v) is 6.17. The molecule has 0 aliphatic heterocycles. The van der Waals surface area contributed by atoms with Crippen LogP contribution in [0.4, 0.5) is 17.1 Å². The summed E-state index contributed by atoms with van der Waals surface area (Å²) >= 11 is 3.37. The van der Waals surface area contributed by atoms with E-state index in [0.717, 1.165) is 21.5 Å². The average molecular weight is 382 g/mol. The summed E-state index contributed by atoms with van der Waals surface area (Å²) in [5.41, 5.74) is 3.05. The van der Waals surface area contributed by atoms with Crippen LogP contribution in [0.5, 0.6) is 0 Å². The molecular formula is C19H16BrN3O. The number of carbonyl (C=O) groups is 1. The number of rotatable bonds is 4. The smallest absolute Gasteiger partial charge is 0.274 e. The standard InChI is InChI=1S/C19H16BrN3O/c1-23(16-5-3-2-4-6-16)17-11-12-21-18(13-17)19(24)22-15-9-7-14(20)8-10-15/h2-13H,1H3,(H,22,24). The number of aromatic nitrogens is 1. The molecule has 0 bridgehead atoms. The molecule has 0 fully saturated rings. The molecule has 5 heteroatoms. The number of hydrogen-bond acceptors (Lipinski definition) is 3. The van der Waals surface area contributed by atoms with Gasteiger partial charge in [0.25, 0.3) is 5.91 Å². The van der Waals surface area contributed by atoms with Crippen molar-refractivity contribution in [3.8, 4) is 0 Å². The van der Waals surface area contributed by atoms with Gasteiger partial charge in [-0.2, -0.15) is 0 Å². The van der Waals surface area contributed by atoms with Gasteiger partial charge in [0.1, 0.15) is 5.69 Å². The molecule has 2 aromatic carbocycles. The van der Waals surface area contributed by atoms with Crippen LogP contribution in [0.2, 0.25) is 0 Å². The Balaban J connectivity index is 1.79. The number of pyridine rings is 1. The van der Waals surface area contributed by atoms with E-state index in [9.17, 15) is 4.79 Å². The first-order chi connectivity index (χ1) is 11.6. The van der Waals surface area contributed by atoms with Crippen molar-refractivity contribution in [2.45, 2.75) is 0 Å². The van der Waals surface area contributed by atoms with Gasteiger partial charge in [0.15, 0.2) is 0 Å². The Bertz CT molecular complexity index is 835. The van der Waals surface area contributed by atoms with E-state index in [2.05, 4.69) is 26.2 Å². The van der Waals surface area contributed by atoms with Gasteiger partial charge in [-0.05, 0) is 48.5 Å². The molecule has 0 aliphatic carbocycles. The minimum Gasteiger partial charge on any atom is -0.345 e. The number of halogens is 1. The van der Waals surface area contributed by atoms with Crippen LogP contribution in [0.15, 0.2) is 77.4 Å². The molecule has 1 N–H and O–H groups in total. The Morgan fingerprint density at radius 2 is 1.71 bits per heavy atom. The maximum absolute atomic E-state index is 12.4. The Kier molecular flexibility index (Phi) is 4.91. The van der Waals surface area contributed by atoms with Crippen molar-refractivity contribution in [1.82, 2.24) is 4.98 Å². The fourth-order valence-corrected chi connectivity index (χ4v) is 2.55. The fourth-order valence-electron chi connectivity index (χ4n) is 2.28. The first kappa shape index (κ1) is 16.2. The summed E-state index contributed by atoms with van der Waals surface area (Å²) in [6.07, 6.45) is 1.64. The van der Waals surface area contributed by atoms with Gasteiger partial charge >= 0.3 is 0 Å². The first-order valence-corrected chi connectivity index (χ1v) is 8.24. The SMILES string of the molecule is CN(c1ccccc1)c1ccnc(C(=O)Nc2ccc(Br)cc2)c1. The molecule has 24 heavy (non-hydrogen) atoms. The van der Waals surface area contributed by atoms with Gasteiger partial charge in [-0.15, -0.1) is 0 Å². The van der Waals surface area contributed by atoms with Crippen molar-refractivity contribution in [3.05, 3.63) is 83.1 Å². The number of amides is 1. The molecule has 0 saturated heterocycles. The Hall–Kier alpha value is -2.66. The molecule has 0 radical (unpaired) electrons. The van der Waals surface area contributed by atoms with E-state index in [-0.39, 0.29) is 5.91 Å². The normalized spacial score (nSPS) is 10.2. The quantitative estimate of drug-likeness (QED) is 0.701. The van der Waals surface area contributed by atoms with E-state index < -0.39 is 0 Å². The van der Waals surface area contributed by atoms with E-state index in [0.29, 0.717) is 5.69 Å². The molecule has 1 heterocycles. The van der Waals surface area contributed by atoms with Crippen molar-refractivity contribution in [2.24, 2.45) is 0 Å². The predicted octanol–water partition coefficient (Wildman–Crippen LogP) is 4.86. The van der Waals surface area contributed by atoms with E-state index >= 15 is 0 Å². The van der Waals surface area contributed by atoms with Gasteiger partial charge < -0.3 is 10.2 Å². The second kappa shape index (κ2) is 7.27. The van der Waals surface area contributed by atoms with Gasteiger partial charge in [-0.3, -0.25) is 9.78 Å². The number of anilines is 3. The van der Waals surface area contributed by atoms with Crippen molar-refractivity contribution >= 4 is 38.9 Å². The maximum atomic E-state index is 12.4. The van der Waals surface area contributed by atoms with Crippen molar-refractivity contribution in [1.29, 1.82) is 0 Å². The fraction of sp³-hybridized carbons (Fsp3) is 0.0526. The highest BCUT2D eigenvalue weighted by atomic mass is 79.9. The number of para-hydroxylation sites is 1. The number of carbonyl (C=O) groups excluding carboxylic acids is 1. The molecule has 0 unspecified atom stereocenters. The van der Waals surface area contributed by atoms with E-state index in [1.165, 1.54) is 0 Å². The molecule has 0 spiro atoms. The number of nitrogens with one attached hydrogen (secondary N) is 1. The second-order valence-electron chi connectivity index (χ2n) is 5.25. The van der Waals surface area contributed by atoms with E-state index in [4.69, 9.17) is 0 Å². The Morgan fingerprint density at radius 3 is 2.42 bits per heavy atom. The zero-order chi connectivity index (χ0) is 16.9. The van der Waals surface area contributed by atoms with Gasteiger partial charge in [0, 0.05) is 34.8 Å². The van der Waals surface area contributed by atoms with E-state index in [1.807, 2.05) is 72.6 Å². The molecule has 0 saturated carbocycles. The molecule has 0 aliphatic rings. The zero-order valence-corrected chi connectivity index (χ0v) is 14.7. The topological polar surface area (TPSA) is 45.2 Å². The molecule has 120 valence electrons. The molecule has 3 aromatic rings. The first-order valence-electron chi connectivity index (χ1n) is 7.45. The van der Waals surface area contributed by atoms with Crippen LogP contribution < -0.4 is 10.2 Å². The van der Waals surface area contributed by atoms with Crippen molar-refractivity contribution in [3.63, 3.8) is 0 Å². The van der Waals surface area contributed by atoms with Crippen LogP contribution in [-0.4, -0.2) is 17.9 Å².